The molecule has 0 N–H and O–H groups in total. The summed E-state index contributed by atoms with van der Waals surface area (Å²) in [6.45, 7) is -0.0185. The number of benzene rings is 1. The van der Waals surface area contributed by atoms with Gasteiger partial charge in [-0.05, 0) is 35.5 Å². The number of hydrogen-bond donors (Lipinski definition) is 0. The average Bonchev–Trinajstić information content (AvgIpc) is 2.68. The van der Waals surface area contributed by atoms with Crippen LogP contribution in [0.15, 0.2) is 29.2 Å². The Balaban J connectivity index is 2.25. The summed E-state index contributed by atoms with van der Waals surface area (Å²) < 4.78 is 0. The predicted molar refractivity (Wildman–Crippen MR) is 72.7 cm³/mol. The van der Waals surface area contributed by atoms with Crippen LogP contribution in [0.4, 0.5) is 4.79 Å². The summed E-state index contributed by atoms with van der Waals surface area (Å²) >= 11 is 0.865. The molecule has 1 fully saturated rings. The van der Waals surface area contributed by atoms with Crippen LogP contribution < -0.4 is 0 Å². The van der Waals surface area contributed by atoms with Gasteiger partial charge in [-0.2, -0.15) is 5.26 Å². The minimum absolute atomic E-state index is 0.0185. The fraction of sp³-hybridized carbons (Fsp3) is 0.0714. The van der Waals surface area contributed by atoms with Crippen LogP contribution in [-0.2, 0) is 4.79 Å². The van der Waals surface area contributed by atoms with Crippen molar-refractivity contribution in [1.82, 2.24) is 4.90 Å². The van der Waals surface area contributed by atoms with E-state index in [1.54, 1.807) is 30.3 Å². The largest absolute Gasteiger partial charge is 0.294 e. The van der Waals surface area contributed by atoms with Gasteiger partial charge in [0.2, 0.25) is 0 Å². The van der Waals surface area contributed by atoms with Gasteiger partial charge in [0.05, 0.1) is 23.1 Å². The van der Waals surface area contributed by atoms with Crippen molar-refractivity contribution in [2.75, 3.05) is 6.54 Å². The zero-order valence-corrected chi connectivity index (χ0v) is 10.6. The van der Waals surface area contributed by atoms with Crippen molar-refractivity contribution in [2.45, 2.75) is 0 Å². The maximum atomic E-state index is 11.9. The lowest BCUT2D eigenvalue weighted by Gasteiger charge is -2.06. The van der Waals surface area contributed by atoms with Crippen molar-refractivity contribution in [3.8, 4) is 18.4 Å². The van der Waals surface area contributed by atoms with Crippen LogP contribution in [0.25, 0.3) is 6.08 Å². The van der Waals surface area contributed by atoms with Gasteiger partial charge in [0.15, 0.2) is 0 Å². The minimum atomic E-state index is -0.377. The Bertz CT molecular complexity index is 648. The number of imide groups is 1. The molecule has 0 spiro atoms. The Morgan fingerprint density at radius 1 is 1.32 bits per heavy atom. The van der Waals surface area contributed by atoms with Crippen LogP contribution in [0.3, 0.4) is 0 Å². The second-order valence-corrected chi connectivity index (χ2v) is 4.70. The highest BCUT2D eigenvalue weighted by atomic mass is 32.2. The van der Waals surface area contributed by atoms with Crippen LogP contribution >= 0.6 is 11.8 Å². The molecule has 92 valence electrons. The first-order valence-electron chi connectivity index (χ1n) is 5.34. The van der Waals surface area contributed by atoms with Crippen LogP contribution in [0.5, 0.6) is 0 Å². The molecule has 1 heterocycles. The number of rotatable bonds is 2. The molecule has 0 aromatic heterocycles. The fourth-order valence-electron chi connectivity index (χ4n) is 1.53. The minimum Gasteiger partial charge on any atom is -0.268 e. The monoisotopic (exact) mass is 268 g/mol. The van der Waals surface area contributed by atoms with Gasteiger partial charge in [0.25, 0.3) is 11.1 Å². The zero-order valence-electron chi connectivity index (χ0n) is 9.79. The molecule has 4 nitrogen and oxygen atoms in total. The molecule has 2 rings (SSSR count). The first-order chi connectivity index (χ1) is 9.15. The van der Waals surface area contributed by atoms with Crippen molar-refractivity contribution in [3.63, 3.8) is 0 Å². The molecule has 5 heteroatoms. The van der Waals surface area contributed by atoms with Crippen molar-refractivity contribution in [1.29, 1.82) is 5.26 Å². The van der Waals surface area contributed by atoms with Crippen molar-refractivity contribution in [2.24, 2.45) is 0 Å². The summed E-state index contributed by atoms with van der Waals surface area (Å²) in [4.78, 5) is 24.8. The molecule has 1 saturated heterocycles. The molecule has 1 aliphatic rings. The molecule has 1 aliphatic heterocycles. The fourth-order valence-corrected chi connectivity index (χ4v) is 2.37. The zero-order chi connectivity index (χ0) is 13.8. The maximum absolute atomic E-state index is 11.9. The summed E-state index contributed by atoms with van der Waals surface area (Å²) in [5.74, 6) is 1.90. The number of thioether (sulfide) groups is 1. The molecular weight excluding hydrogens is 260 g/mol. The van der Waals surface area contributed by atoms with E-state index in [1.807, 2.05) is 6.07 Å². The summed E-state index contributed by atoms with van der Waals surface area (Å²) in [5, 5.41) is 8.33. The third kappa shape index (κ3) is 2.67. The van der Waals surface area contributed by atoms with Crippen LogP contribution in [0, 0.1) is 23.7 Å². The molecule has 0 bridgehead atoms. The molecular formula is C14H8N2O2S. The van der Waals surface area contributed by atoms with Gasteiger partial charge >= 0.3 is 0 Å². The number of hydrogen-bond acceptors (Lipinski definition) is 4. The number of amides is 2. The van der Waals surface area contributed by atoms with E-state index in [1.165, 1.54) is 0 Å². The quantitative estimate of drug-likeness (QED) is 0.609. The highest BCUT2D eigenvalue weighted by molar-refractivity contribution is 8.18. The summed E-state index contributed by atoms with van der Waals surface area (Å²) in [6.07, 6.45) is 6.72. The van der Waals surface area contributed by atoms with E-state index < -0.39 is 0 Å². The van der Waals surface area contributed by atoms with Gasteiger partial charge in [-0.1, -0.05) is 18.1 Å². The number of nitrogens with zero attached hydrogens (tertiary/aromatic N) is 2. The number of nitriles is 1. The summed E-state index contributed by atoms with van der Waals surface area (Å²) in [7, 11) is 0. The Morgan fingerprint density at radius 2 is 2.00 bits per heavy atom. The third-order valence-corrected chi connectivity index (χ3v) is 3.37. The number of terminal acetylenes is 1. The van der Waals surface area contributed by atoms with Crippen LogP contribution in [0.2, 0.25) is 0 Å². The molecule has 0 aliphatic carbocycles. The van der Waals surface area contributed by atoms with Gasteiger partial charge in [-0.3, -0.25) is 14.5 Å². The Kier molecular flexibility index (Phi) is 3.70. The first kappa shape index (κ1) is 12.9. The first-order valence-corrected chi connectivity index (χ1v) is 6.16. The standard InChI is InChI=1S/C14H8N2O2S/c1-2-7-16-13(17)12(19-14(16)18)8-10-3-5-11(9-15)6-4-10/h1,3-6,8H,7H2. The molecule has 1 aromatic carbocycles. The lowest BCUT2D eigenvalue weighted by molar-refractivity contribution is -0.122. The molecule has 0 unspecified atom stereocenters. The van der Waals surface area contributed by atoms with Crippen LogP contribution in [-0.4, -0.2) is 22.6 Å². The van der Waals surface area contributed by atoms with Crippen molar-refractivity contribution in [3.05, 3.63) is 40.3 Å². The van der Waals surface area contributed by atoms with E-state index in [2.05, 4.69) is 5.92 Å². The highest BCUT2D eigenvalue weighted by Crippen LogP contribution is 2.31. The van der Waals surface area contributed by atoms with E-state index in [0.29, 0.717) is 10.5 Å². The molecule has 0 atom stereocenters. The lowest BCUT2D eigenvalue weighted by atomic mass is 10.1. The second-order valence-electron chi connectivity index (χ2n) is 3.71. The Morgan fingerprint density at radius 3 is 2.58 bits per heavy atom. The summed E-state index contributed by atoms with van der Waals surface area (Å²) in [5.41, 5.74) is 1.29. The van der Waals surface area contributed by atoms with Crippen molar-refractivity contribution < 1.29 is 9.59 Å². The van der Waals surface area contributed by atoms with Gasteiger partial charge in [-0.25, -0.2) is 0 Å². The van der Waals surface area contributed by atoms with Gasteiger partial charge in [0, 0.05) is 0 Å². The molecule has 2 amide bonds. The molecule has 1 aromatic rings. The smallest absolute Gasteiger partial charge is 0.268 e. The summed E-state index contributed by atoms with van der Waals surface area (Å²) in [6, 6.07) is 8.74. The Labute approximate surface area is 114 Å². The highest BCUT2D eigenvalue weighted by Gasteiger charge is 2.34. The lowest BCUT2D eigenvalue weighted by Crippen LogP contribution is -2.28. The molecule has 19 heavy (non-hydrogen) atoms. The number of carbonyl (C=O) groups is 2. The van der Waals surface area contributed by atoms with Crippen LogP contribution in [0.1, 0.15) is 11.1 Å². The Hall–Kier alpha value is -2.50. The predicted octanol–water partition coefficient (Wildman–Crippen LogP) is 2.23. The van der Waals surface area contributed by atoms with E-state index in [-0.39, 0.29) is 17.7 Å². The molecule has 0 saturated carbocycles. The van der Waals surface area contributed by atoms with Gasteiger partial charge < -0.3 is 0 Å². The normalized spacial score (nSPS) is 16.5. The van der Waals surface area contributed by atoms with Gasteiger partial charge in [-0.15, -0.1) is 6.42 Å². The second kappa shape index (κ2) is 5.43. The van der Waals surface area contributed by atoms with E-state index in [4.69, 9.17) is 11.7 Å². The van der Waals surface area contributed by atoms with Gasteiger partial charge in [0.1, 0.15) is 0 Å². The third-order valence-electron chi connectivity index (χ3n) is 2.46. The average molecular weight is 268 g/mol. The van der Waals surface area contributed by atoms with E-state index >= 15 is 0 Å². The number of carbonyl (C=O) groups excluding carboxylic acids is 2. The topological polar surface area (TPSA) is 61.2 Å². The molecule has 0 radical (unpaired) electrons. The van der Waals surface area contributed by atoms with E-state index in [9.17, 15) is 9.59 Å². The van der Waals surface area contributed by atoms with E-state index in [0.717, 1.165) is 22.2 Å². The SMILES string of the molecule is C#CCN1C(=O)SC(=Cc2ccc(C#N)cc2)C1=O. The maximum Gasteiger partial charge on any atom is 0.294 e. The van der Waals surface area contributed by atoms with Crippen molar-refractivity contribution >= 4 is 29.0 Å².